The SMILES string of the molecule is CC(C)CS(=O)N1CCC[C@@H]1C1CCCCC1. The predicted octanol–water partition coefficient (Wildman–Crippen LogP) is 3.35. The average Bonchev–Trinajstić information content (AvgIpc) is 2.78. The molecule has 1 saturated heterocycles. The van der Waals surface area contributed by atoms with Crippen molar-refractivity contribution in [3.63, 3.8) is 0 Å². The Morgan fingerprint density at radius 2 is 1.82 bits per heavy atom. The minimum Gasteiger partial charge on any atom is -0.243 e. The first kappa shape index (κ1) is 13.5. The molecule has 2 atom stereocenters. The molecule has 2 fully saturated rings. The lowest BCUT2D eigenvalue weighted by atomic mass is 9.83. The van der Waals surface area contributed by atoms with Crippen molar-refractivity contribution in [1.29, 1.82) is 0 Å². The Labute approximate surface area is 109 Å². The second-order valence-electron chi connectivity index (χ2n) is 6.13. The van der Waals surface area contributed by atoms with Crippen molar-refractivity contribution in [2.24, 2.45) is 11.8 Å². The van der Waals surface area contributed by atoms with Crippen LogP contribution in [0.2, 0.25) is 0 Å². The maximum Gasteiger partial charge on any atom is 0.0947 e. The van der Waals surface area contributed by atoms with Gasteiger partial charge in [-0.15, -0.1) is 0 Å². The van der Waals surface area contributed by atoms with Crippen LogP contribution in [-0.2, 0) is 11.0 Å². The van der Waals surface area contributed by atoms with Crippen molar-refractivity contribution in [3.8, 4) is 0 Å². The molecule has 0 bridgehead atoms. The Bertz CT molecular complexity index is 261. The lowest BCUT2D eigenvalue weighted by molar-refractivity contribution is 0.232. The Morgan fingerprint density at radius 3 is 2.47 bits per heavy atom. The molecular formula is C14H27NOS. The van der Waals surface area contributed by atoms with Gasteiger partial charge in [0.1, 0.15) is 0 Å². The fourth-order valence-electron chi connectivity index (χ4n) is 3.39. The maximum atomic E-state index is 12.3. The summed E-state index contributed by atoms with van der Waals surface area (Å²) in [7, 11) is -0.724. The molecule has 1 saturated carbocycles. The van der Waals surface area contributed by atoms with Crippen molar-refractivity contribution >= 4 is 11.0 Å². The molecule has 0 N–H and O–H groups in total. The average molecular weight is 257 g/mol. The molecule has 0 aromatic heterocycles. The topological polar surface area (TPSA) is 20.3 Å². The second kappa shape index (κ2) is 6.33. The molecule has 1 unspecified atom stereocenters. The molecule has 2 aliphatic rings. The molecule has 1 aliphatic heterocycles. The normalized spacial score (nSPS) is 29.9. The highest BCUT2D eigenvalue weighted by Crippen LogP contribution is 2.35. The fourth-order valence-corrected chi connectivity index (χ4v) is 5.06. The van der Waals surface area contributed by atoms with E-state index in [1.807, 2.05) is 0 Å². The molecule has 100 valence electrons. The number of hydrogen-bond acceptors (Lipinski definition) is 1. The number of hydrogen-bond donors (Lipinski definition) is 0. The van der Waals surface area contributed by atoms with Crippen LogP contribution in [0.3, 0.4) is 0 Å². The van der Waals surface area contributed by atoms with Crippen LogP contribution in [0, 0.1) is 11.8 Å². The first-order chi connectivity index (χ1) is 8.18. The molecule has 1 aliphatic carbocycles. The van der Waals surface area contributed by atoms with Crippen LogP contribution >= 0.6 is 0 Å². The Morgan fingerprint density at radius 1 is 1.12 bits per heavy atom. The van der Waals surface area contributed by atoms with Crippen LogP contribution in [0.15, 0.2) is 0 Å². The van der Waals surface area contributed by atoms with E-state index in [0.29, 0.717) is 12.0 Å². The van der Waals surface area contributed by atoms with Gasteiger partial charge in [0.15, 0.2) is 0 Å². The molecular weight excluding hydrogens is 230 g/mol. The number of rotatable bonds is 4. The van der Waals surface area contributed by atoms with E-state index >= 15 is 0 Å². The minimum absolute atomic E-state index is 0.545. The molecule has 0 radical (unpaired) electrons. The molecule has 0 aromatic rings. The monoisotopic (exact) mass is 257 g/mol. The molecule has 2 nitrogen and oxygen atoms in total. The smallest absolute Gasteiger partial charge is 0.0947 e. The van der Waals surface area contributed by atoms with E-state index in [4.69, 9.17) is 0 Å². The van der Waals surface area contributed by atoms with Crippen LogP contribution in [0.4, 0.5) is 0 Å². The van der Waals surface area contributed by atoms with Crippen molar-refractivity contribution in [3.05, 3.63) is 0 Å². The summed E-state index contributed by atoms with van der Waals surface area (Å²) in [6.07, 6.45) is 9.50. The summed E-state index contributed by atoms with van der Waals surface area (Å²) in [6.45, 7) is 5.41. The summed E-state index contributed by atoms with van der Waals surface area (Å²) in [4.78, 5) is 0. The summed E-state index contributed by atoms with van der Waals surface area (Å²) in [6, 6.07) is 0.634. The van der Waals surface area contributed by atoms with Gasteiger partial charge in [-0.25, -0.2) is 8.51 Å². The Hall–Kier alpha value is 0.110. The molecule has 3 heteroatoms. The Balaban J connectivity index is 1.93. The summed E-state index contributed by atoms with van der Waals surface area (Å²) < 4.78 is 14.7. The zero-order chi connectivity index (χ0) is 12.3. The van der Waals surface area contributed by atoms with Crippen LogP contribution < -0.4 is 0 Å². The van der Waals surface area contributed by atoms with Gasteiger partial charge in [-0.1, -0.05) is 33.1 Å². The minimum atomic E-state index is -0.724. The summed E-state index contributed by atoms with van der Waals surface area (Å²) in [5.41, 5.74) is 0. The first-order valence-corrected chi connectivity index (χ1v) is 8.61. The third kappa shape index (κ3) is 3.54. The highest BCUT2D eigenvalue weighted by atomic mass is 32.2. The highest BCUT2D eigenvalue weighted by molar-refractivity contribution is 7.82. The van der Waals surface area contributed by atoms with E-state index in [1.54, 1.807) is 0 Å². The maximum absolute atomic E-state index is 12.3. The van der Waals surface area contributed by atoms with Gasteiger partial charge in [0.25, 0.3) is 0 Å². The summed E-state index contributed by atoms with van der Waals surface area (Å²) in [5, 5.41) is 0. The van der Waals surface area contributed by atoms with Crippen molar-refractivity contribution in [2.75, 3.05) is 12.3 Å². The third-order valence-corrected chi connectivity index (χ3v) is 6.11. The van der Waals surface area contributed by atoms with E-state index < -0.39 is 11.0 Å². The van der Waals surface area contributed by atoms with E-state index in [1.165, 1.54) is 44.9 Å². The first-order valence-electron chi connectivity index (χ1n) is 7.33. The molecule has 1 heterocycles. The van der Waals surface area contributed by atoms with Gasteiger partial charge in [-0.05, 0) is 37.5 Å². The van der Waals surface area contributed by atoms with Gasteiger partial charge in [0.05, 0.1) is 11.0 Å². The van der Waals surface area contributed by atoms with Crippen LogP contribution in [0.1, 0.15) is 58.8 Å². The third-order valence-electron chi connectivity index (χ3n) is 4.18. The van der Waals surface area contributed by atoms with Gasteiger partial charge in [0, 0.05) is 18.3 Å². The van der Waals surface area contributed by atoms with Crippen LogP contribution in [0.5, 0.6) is 0 Å². The van der Waals surface area contributed by atoms with Crippen LogP contribution in [0.25, 0.3) is 0 Å². The van der Waals surface area contributed by atoms with E-state index in [9.17, 15) is 4.21 Å². The van der Waals surface area contributed by atoms with Crippen molar-refractivity contribution in [1.82, 2.24) is 4.31 Å². The summed E-state index contributed by atoms with van der Waals surface area (Å²) >= 11 is 0. The quantitative estimate of drug-likeness (QED) is 0.756. The standard InChI is InChI=1S/C14H27NOS/c1-12(2)11-17(16)15-10-6-9-14(15)13-7-4-3-5-8-13/h12-14H,3-11H2,1-2H3/t14-,17?/m1/s1. The van der Waals surface area contributed by atoms with E-state index in [2.05, 4.69) is 18.2 Å². The van der Waals surface area contributed by atoms with Gasteiger partial charge >= 0.3 is 0 Å². The van der Waals surface area contributed by atoms with E-state index in [0.717, 1.165) is 18.2 Å². The second-order valence-corrected chi connectivity index (χ2v) is 7.58. The van der Waals surface area contributed by atoms with Gasteiger partial charge in [-0.3, -0.25) is 0 Å². The summed E-state index contributed by atoms with van der Waals surface area (Å²) in [5.74, 6) is 2.23. The molecule has 0 amide bonds. The fraction of sp³-hybridized carbons (Fsp3) is 1.00. The largest absolute Gasteiger partial charge is 0.243 e. The van der Waals surface area contributed by atoms with Crippen molar-refractivity contribution in [2.45, 2.75) is 64.8 Å². The lowest BCUT2D eigenvalue weighted by Gasteiger charge is -2.33. The molecule has 0 spiro atoms. The van der Waals surface area contributed by atoms with Gasteiger partial charge in [-0.2, -0.15) is 0 Å². The van der Waals surface area contributed by atoms with Gasteiger partial charge < -0.3 is 0 Å². The van der Waals surface area contributed by atoms with Gasteiger partial charge in [0.2, 0.25) is 0 Å². The zero-order valence-electron chi connectivity index (χ0n) is 11.4. The van der Waals surface area contributed by atoms with Crippen molar-refractivity contribution < 1.29 is 4.21 Å². The highest BCUT2D eigenvalue weighted by Gasteiger charge is 2.35. The molecule has 2 rings (SSSR count). The lowest BCUT2D eigenvalue weighted by Crippen LogP contribution is -2.39. The van der Waals surface area contributed by atoms with E-state index in [-0.39, 0.29) is 0 Å². The predicted molar refractivity (Wildman–Crippen MR) is 74.2 cm³/mol. The zero-order valence-corrected chi connectivity index (χ0v) is 12.2. The number of nitrogens with zero attached hydrogens (tertiary/aromatic N) is 1. The molecule has 17 heavy (non-hydrogen) atoms. The van der Waals surface area contributed by atoms with Crippen LogP contribution in [-0.4, -0.2) is 26.9 Å². The molecule has 0 aromatic carbocycles. The Kier molecular flexibility index (Phi) is 5.04.